The summed E-state index contributed by atoms with van der Waals surface area (Å²) in [4.78, 5) is 11.4. The second-order valence-electron chi connectivity index (χ2n) is 3.82. The van der Waals surface area contributed by atoms with Crippen molar-refractivity contribution >= 4 is 5.91 Å². The van der Waals surface area contributed by atoms with E-state index in [1.54, 1.807) is 6.92 Å². The van der Waals surface area contributed by atoms with E-state index in [-0.39, 0.29) is 5.91 Å². The Labute approximate surface area is 90.1 Å². The maximum absolute atomic E-state index is 11.4. The molecule has 3 nitrogen and oxygen atoms in total. The van der Waals surface area contributed by atoms with Crippen LogP contribution in [0.3, 0.4) is 0 Å². The third kappa shape index (κ3) is 4.61. The fourth-order valence-electron chi connectivity index (χ4n) is 1.33. The van der Waals surface area contributed by atoms with Gasteiger partial charge in [0.25, 0.3) is 0 Å². The molecule has 1 aromatic carbocycles. The number of aryl methyl sites for hydroxylation is 1. The molecule has 0 aromatic heterocycles. The van der Waals surface area contributed by atoms with Gasteiger partial charge < -0.3 is 10.4 Å². The number of hydrogen-bond donors (Lipinski definition) is 2. The predicted molar refractivity (Wildman–Crippen MR) is 59.6 cm³/mol. The van der Waals surface area contributed by atoms with E-state index in [4.69, 9.17) is 5.11 Å². The van der Waals surface area contributed by atoms with Gasteiger partial charge in [0.15, 0.2) is 0 Å². The molecule has 1 amide bonds. The molecule has 0 saturated carbocycles. The Morgan fingerprint density at radius 1 is 1.53 bits per heavy atom. The van der Waals surface area contributed by atoms with Crippen molar-refractivity contribution in [2.45, 2.75) is 26.4 Å². The van der Waals surface area contributed by atoms with Crippen LogP contribution in [0, 0.1) is 6.92 Å². The van der Waals surface area contributed by atoms with Crippen molar-refractivity contribution in [1.29, 1.82) is 0 Å². The largest absolute Gasteiger partial charge is 0.392 e. The standard InChI is InChI=1S/C12H17NO2/c1-9-4-3-5-11(6-9)7-12(15)13-8-10(2)14/h3-6,10,14H,7-8H2,1-2H3,(H,13,15)/t10-/m1/s1. The lowest BCUT2D eigenvalue weighted by molar-refractivity contribution is -0.120. The first kappa shape index (κ1) is 11.7. The van der Waals surface area contributed by atoms with E-state index in [2.05, 4.69) is 5.32 Å². The third-order valence-corrected chi connectivity index (χ3v) is 2.04. The van der Waals surface area contributed by atoms with Crippen molar-refractivity contribution in [3.05, 3.63) is 35.4 Å². The Morgan fingerprint density at radius 3 is 2.87 bits per heavy atom. The molecule has 0 aliphatic rings. The first-order chi connectivity index (χ1) is 7.08. The summed E-state index contributed by atoms with van der Waals surface area (Å²) >= 11 is 0. The summed E-state index contributed by atoms with van der Waals surface area (Å²) in [5.41, 5.74) is 2.15. The Kier molecular flexibility index (Phi) is 4.31. The number of nitrogens with one attached hydrogen (secondary N) is 1. The molecule has 3 heteroatoms. The topological polar surface area (TPSA) is 49.3 Å². The highest BCUT2D eigenvalue weighted by atomic mass is 16.3. The molecule has 0 saturated heterocycles. The van der Waals surface area contributed by atoms with Crippen LogP contribution in [0.1, 0.15) is 18.1 Å². The lowest BCUT2D eigenvalue weighted by Gasteiger charge is -2.07. The van der Waals surface area contributed by atoms with E-state index >= 15 is 0 Å². The summed E-state index contributed by atoms with van der Waals surface area (Å²) in [6, 6.07) is 7.85. The van der Waals surface area contributed by atoms with Gasteiger partial charge in [0.2, 0.25) is 5.91 Å². The molecule has 1 aromatic rings. The lowest BCUT2D eigenvalue weighted by atomic mass is 10.1. The van der Waals surface area contributed by atoms with Gasteiger partial charge in [-0.15, -0.1) is 0 Å². The first-order valence-corrected chi connectivity index (χ1v) is 5.08. The molecule has 0 heterocycles. The van der Waals surface area contributed by atoms with Gasteiger partial charge in [0.1, 0.15) is 0 Å². The minimum absolute atomic E-state index is 0.0542. The van der Waals surface area contributed by atoms with Crippen molar-refractivity contribution < 1.29 is 9.90 Å². The Hall–Kier alpha value is -1.35. The average molecular weight is 207 g/mol. The van der Waals surface area contributed by atoms with Gasteiger partial charge in [0, 0.05) is 6.54 Å². The predicted octanol–water partition coefficient (Wildman–Crippen LogP) is 1.03. The van der Waals surface area contributed by atoms with Crippen LogP contribution >= 0.6 is 0 Å². The molecule has 0 bridgehead atoms. The van der Waals surface area contributed by atoms with Crippen LogP contribution in [0.5, 0.6) is 0 Å². The molecule has 0 radical (unpaired) electrons. The number of rotatable bonds is 4. The highest BCUT2D eigenvalue weighted by molar-refractivity contribution is 5.78. The molecule has 0 aliphatic heterocycles. The molecule has 2 N–H and O–H groups in total. The summed E-state index contributed by atoms with van der Waals surface area (Å²) in [5.74, 6) is -0.0542. The van der Waals surface area contributed by atoms with Crippen LogP contribution in [0.15, 0.2) is 24.3 Å². The van der Waals surface area contributed by atoms with Crippen LogP contribution in [-0.4, -0.2) is 23.7 Å². The summed E-state index contributed by atoms with van der Waals surface area (Å²) < 4.78 is 0. The van der Waals surface area contributed by atoms with E-state index in [0.717, 1.165) is 11.1 Å². The van der Waals surface area contributed by atoms with Crippen molar-refractivity contribution in [3.8, 4) is 0 Å². The van der Waals surface area contributed by atoms with Gasteiger partial charge in [0.05, 0.1) is 12.5 Å². The quantitative estimate of drug-likeness (QED) is 0.775. The monoisotopic (exact) mass is 207 g/mol. The van der Waals surface area contributed by atoms with Gasteiger partial charge >= 0.3 is 0 Å². The van der Waals surface area contributed by atoms with Crippen LogP contribution in [0.4, 0.5) is 0 Å². The van der Waals surface area contributed by atoms with Gasteiger partial charge in [-0.2, -0.15) is 0 Å². The van der Waals surface area contributed by atoms with Gasteiger partial charge in [-0.25, -0.2) is 0 Å². The molecule has 82 valence electrons. The highest BCUT2D eigenvalue weighted by Gasteiger charge is 2.04. The van der Waals surface area contributed by atoms with Gasteiger partial charge in [-0.05, 0) is 19.4 Å². The molecule has 0 spiro atoms. The van der Waals surface area contributed by atoms with Crippen molar-refractivity contribution in [3.63, 3.8) is 0 Å². The minimum atomic E-state index is -0.494. The molecule has 0 unspecified atom stereocenters. The SMILES string of the molecule is Cc1cccc(CC(=O)NC[C@@H](C)O)c1. The summed E-state index contributed by atoms with van der Waals surface area (Å²) in [5, 5.41) is 11.7. The van der Waals surface area contributed by atoms with E-state index in [1.165, 1.54) is 0 Å². The lowest BCUT2D eigenvalue weighted by Crippen LogP contribution is -2.31. The molecule has 0 aliphatic carbocycles. The number of benzene rings is 1. The van der Waals surface area contributed by atoms with Crippen LogP contribution in [-0.2, 0) is 11.2 Å². The van der Waals surface area contributed by atoms with Gasteiger partial charge in [-0.3, -0.25) is 4.79 Å². The van der Waals surface area contributed by atoms with Crippen molar-refractivity contribution in [1.82, 2.24) is 5.32 Å². The molecule has 1 atom stereocenters. The molecule has 0 fully saturated rings. The van der Waals surface area contributed by atoms with E-state index in [0.29, 0.717) is 13.0 Å². The first-order valence-electron chi connectivity index (χ1n) is 5.08. The number of aliphatic hydroxyl groups excluding tert-OH is 1. The number of aliphatic hydroxyl groups is 1. The minimum Gasteiger partial charge on any atom is -0.392 e. The van der Waals surface area contributed by atoms with Crippen LogP contribution in [0.25, 0.3) is 0 Å². The fraction of sp³-hybridized carbons (Fsp3) is 0.417. The Morgan fingerprint density at radius 2 is 2.27 bits per heavy atom. The third-order valence-electron chi connectivity index (χ3n) is 2.04. The molecular formula is C12H17NO2. The molecule has 1 rings (SSSR count). The maximum Gasteiger partial charge on any atom is 0.224 e. The normalized spacial score (nSPS) is 12.2. The average Bonchev–Trinajstić information content (AvgIpc) is 2.15. The smallest absolute Gasteiger partial charge is 0.224 e. The number of carbonyl (C=O) groups is 1. The summed E-state index contributed by atoms with van der Waals surface area (Å²) in [6.45, 7) is 3.95. The zero-order valence-corrected chi connectivity index (χ0v) is 9.16. The second-order valence-corrected chi connectivity index (χ2v) is 3.82. The second kappa shape index (κ2) is 5.51. The van der Waals surface area contributed by atoms with E-state index in [1.807, 2.05) is 31.2 Å². The zero-order valence-electron chi connectivity index (χ0n) is 9.16. The van der Waals surface area contributed by atoms with Crippen molar-refractivity contribution in [2.24, 2.45) is 0 Å². The van der Waals surface area contributed by atoms with Gasteiger partial charge in [-0.1, -0.05) is 29.8 Å². The van der Waals surface area contributed by atoms with E-state index in [9.17, 15) is 4.79 Å². The molecule has 15 heavy (non-hydrogen) atoms. The maximum atomic E-state index is 11.4. The van der Waals surface area contributed by atoms with Crippen LogP contribution < -0.4 is 5.32 Å². The highest BCUT2D eigenvalue weighted by Crippen LogP contribution is 2.04. The fourth-order valence-corrected chi connectivity index (χ4v) is 1.33. The Balaban J connectivity index is 2.44. The van der Waals surface area contributed by atoms with Crippen LogP contribution in [0.2, 0.25) is 0 Å². The number of amides is 1. The summed E-state index contributed by atoms with van der Waals surface area (Å²) in [6.07, 6.45) is -0.125. The zero-order chi connectivity index (χ0) is 11.3. The number of hydrogen-bond acceptors (Lipinski definition) is 2. The Bertz CT molecular complexity index is 334. The summed E-state index contributed by atoms with van der Waals surface area (Å²) in [7, 11) is 0. The molecular weight excluding hydrogens is 190 g/mol. The van der Waals surface area contributed by atoms with Crippen molar-refractivity contribution in [2.75, 3.05) is 6.54 Å². The number of carbonyl (C=O) groups excluding carboxylic acids is 1. The van der Waals surface area contributed by atoms with E-state index < -0.39 is 6.10 Å².